The lowest BCUT2D eigenvalue weighted by atomic mass is 9.76. The van der Waals surface area contributed by atoms with Gasteiger partial charge in [-0.2, -0.15) is 0 Å². The number of H-pyrrole nitrogens is 1. The number of urea groups is 1. The van der Waals surface area contributed by atoms with Crippen molar-refractivity contribution in [3.05, 3.63) is 30.4 Å². The van der Waals surface area contributed by atoms with Crippen LogP contribution in [0.5, 0.6) is 0 Å². The van der Waals surface area contributed by atoms with E-state index < -0.39 is 11.5 Å². The van der Waals surface area contributed by atoms with Crippen molar-refractivity contribution in [2.24, 2.45) is 0 Å². The van der Waals surface area contributed by atoms with Crippen molar-refractivity contribution in [3.8, 4) is 0 Å². The molecule has 21 heavy (non-hydrogen) atoms. The van der Waals surface area contributed by atoms with E-state index >= 15 is 0 Å². The smallest absolute Gasteiger partial charge is 0.353 e. The first-order valence-corrected chi connectivity index (χ1v) is 6.95. The maximum Gasteiger partial charge on any atom is 0.353 e. The third-order valence-electron chi connectivity index (χ3n) is 3.72. The third kappa shape index (κ3) is 3.24. The van der Waals surface area contributed by atoms with Gasteiger partial charge in [-0.3, -0.25) is 0 Å². The first-order valence-electron chi connectivity index (χ1n) is 6.95. The minimum atomic E-state index is -1.06. The summed E-state index contributed by atoms with van der Waals surface area (Å²) >= 11 is 0. The van der Waals surface area contributed by atoms with Crippen LogP contribution in [0.25, 0.3) is 0 Å². The fourth-order valence-corrected chi connectivity index (χ4v) is 2.41. The molecule has 1 aliphatic carbocycles. The molecule has 1 aromatic heterocycles. The number of nitrogens with one attached hydrogen (secondary N) is 3. The molecule has 1 aliphatic rings. The molecule has 1 unspecified atom stereocenters. The van der Waals surface area contributed by atoms with Crippen molar-refractivity contribution in [1.82, 2.24) is 20.6 Å². The zero-order chi connectivity index (χ0) is 15.5. The molecule has 0 saturated heterocycles. The molecule has 1 fully saturated rings. The molecule has 7 nitrogen and oxygen atoms in total. The molecular weight excluding hydrogens is 272 g/mol. The first kappa shape index (κ1) is 15.1. The Hall–Kier alpha value is -2.31. The van der Waals surface area contributed by atoms with Crippen LogP contribution < -0.4 is 10.6 Å². The summed E-state index contributed by atoms with van der Waals surface area (Å²) in [7, 11) is 0. The number of hydrogen-bond acceptors (Lipinski definition) is 3. The number of rotatable bonds is 6. The standard InChI is InChI=1S/C14H20N4O3/c1-3-5-9(2)16-13(21)18-14(6-4-7-14)12-15-8-10(17-12)11(19)20/h3,8-9H,1,4-7H2,2H3,(H,15,17)(H,19,20)(H2,16,18,21). The Morgan fingerprint density at radius 1 is 1.62 bits per heavy atom. The predicted octanol–water partition coefficient (Wildman–Crippen LogP) is 1.75. The molecule has 0 aliphatic heterocycles. The zero-order valence-electron chi connectivity index (χ0n) is 12.0. The van der Waals surface area contributed by atoms with Crippen LogP contribution in [0, 0.1) is 0 Å². The van der Waals surface area contributed by atoms with E-state index in [-0.39, 0.29) is 17.8 Å². The minimum absolute atomic E-state index is 0.00851. The molecule has 1 heterocycles. The van der Waals surface area contributed by atoms with E-state index in [1.807, 2.05) is 6.92 Å². The van der Waals surface area contributed by atoms with Gasteiger partial charge in [-0.15, -0.1) is 6.58 Å². The average Bonchev–Trinajstić information content (AvgIpc) is 2.83. The fourth-order valence-electron chi connectivity index (χ4n) is 2.41. The maximum atomic E-state index is 12.0. The van der Waals surface area contributed by atoms with Crippen LogP contribution >= 0.6 is 0 Å². The Morgan fingerprint density at radius 2 is 2.33 bits per heavy atom. The van der Waals surface area contributed by atoms with Gasteiger partial charge in [0.05, 0.1) is 11.7 Å². The molecule has 0 spiro atoms. The van der Waals surface area contributed by atoms with Gasteiger partial charge in [-0.1, -0.05) is 6.08 Å². The van der Waals surface area contributed by atoms with E-state index in [0.29, 0.717) is 12.2 Å². The number of aromatic carboxylic acids is 1. The van der Waals surface area contributed by atoms with Crippen molar-refractivity contribution >= 4 is 12.0 Å². The third-order valence-corrected chi connectivity index (χ3v) is 3.72. The van der Waals surface area contributed by atoms with Gasteiger partial charge in [-0.05, 0) is 32.6 Å². The lowest BCUT2D eigenvalue weighted by Gasteiger charge is -2.40. The highest BCUT2D eigenvalue weighted by atomic mass is 16.4. The second kappa shape index (κ2) is 5.99. The molecule has 1 atom stereocenters. The summed E-state index contributed by atoms with van der Waals surface area (Å²) in [4.78, 5) is 29.8. The van der Waals surface area contributed by atoms with Gasteiger partial charge >= 0.3 is 12.0 Å². The van der Waals surface area contributed by atoms with E-state index in [1.165, 1.54) is 6.20 Å². The van der Waals surface area contributed by atoms with Gasteiger partial charge in [0.2, 0.25) is 0 Å². The number of imidazole rings is 1. The molecule has 2 amide bonds. The van der Waals surface area contributed by atoms with Crippen molar-refractivity contribution in [3.63, 3.8) is 0 Å². The second-order valence-corrected chi connectivity index (χ2v) is 5.41. The number of carbonyl (C=O) groups excluding carboxylic acids is 1. The summed E-state index contributed by atoms with van der Waals surface area (Å²) in [5.41, 5.74) is -0.565. The van der Waals surface area contributed by atoms with Gasteiger partial charge < -0.3 is 20.7 Å². The molecule has 7 heteroatoms. The van der Waals surface area contributed by atoms with E-state index in [2.05, 4.69) is 27.2 Å². The number of carbonyl (C=O) groups is 2. The number of carboxylic acids is 1. The summed E-state index contributed by atoms with van der Waals surface area (Å²) in [6.07, 6.45) is 6.15. The molecule has 0 bridgehead atoms. The van der Waals surface area contributed by atoms with Crippen molar-refractivity contribution < 1.29 is 14.7 Å². The van der Waals surface area contributed by atoms with Crippen molar-refractivity contribution in [2.75, 3.05) is 0 Å². The van der Waals surface area contributed by atoms with Gasteiger partial charge in [0.15, 0.2) is 0 Å². The normalized spacial score (nSPS) is 17.4. The van der Waals surface area contributed by atoms with Gasteiger partial charge in [0.25, 0.3) is 0 Å². The largest absolute Gasteiger partial charge is 0.477 e. The molecule has 0 aromatic carbocycles. The zero-order valence-corrected chi connectivity index (χ0v) is 12.0. The molecule has 0 radical (unpaired) electrons. The topological polar surface area (TPSA) is 107 Å². The summed E-state index contributed by atoms with van der Waals surface area (Å²) in [6, 6.07) is -0.289. The summed E-state index contributed by atoms with van der Waals surface area (Å²) in [5, 5.41) is 14.7. The van der Waals surface area contributed by atoms with Crippen LogP contribution in [0.15, 0.2) is 18.9 Å². The predicted molar refractivity (Wildman–Crippen MR) is 77.0 cm³/mol. The Kier molecular flexibility index (Phi) is 4.30. The molecule has 2 rings (SSSR count). The minimum Gasteiger partial charge on any atom is -0.477 e. The summed E-state index contributed by atoms with van der Waals surface area (Å²) in [6.45, 7) is 5.53. The quantitative estimate of drug-likeness (QED) is 0.599. The fraction of sp³-hybridized carbons (Fsp3) is 0.500. The van der Waals surface area contributed by atoms with Crippen LogP contribution in [0.2, 0.25) is 0 Å². The van der Waals surface area contributed by atoms with Crippen LogP contribution in [0.1, 0.15) is 48.9 Å². The number of hydrogen-bond donors (Lipinski definition) is 4. The van der Waals surface area contributed by atoms with Gasteiger partial charge in [0.1, 0.15) is 11.5 Å². The van der Waals surface area contributed by atoms with Crippen molar-refractivity contribution in [2.45, 2.75) is 44.2 Å². The molecule has 114 valence electrons. The lowest BCUT2D eigenvalue weighted by Crippen LogP contribution is -2.55. The van der Waals surface area contributed by atoms with Crippen LogP contribution in [0.3, 0.4) is 0 Å². The molecule has 1 saturated carbocycles. The van der Waals surface area contributed by atoms with E-state index in [4.69, 9.17) is 5.11 Å². The average molecular weight is 292 g/mol. The molecule has 4 N–H and O–H groups in total. The first-order chi connectivity index (χ1) is 9.97. The van der Waals surface area contributed by atoms with E-state index in [0.717, 1.165) is 19.3 Å². The summed E-state index contributed by atoms with van der Waals surface area (Å²) < 4.78 is 0. The Balaban J connectivity index is 2.05. The number of amides is 2. The SMILES string of the molecule is C=CCC(C)NC(=O)NC1(c2ncc(C(=O)O)[nH]2)CCC1. The monoisotopic (exact) mass is 292 g/mol. The molecular formula is C14H20N4O3. The van der Waals surface area contributed by atoms with Gasteiger partial charge in [-0.25, -0.2) is 14.6 Å². The van der Waals surface area contributed by atoms with Crippen LogP contribution in [-0.4, -0.2) is 33.1 Å². The highest BCUT2D eigenvalue weighted by Gasteiger charge is 2.43. The lowest BCUT2D eigenvalue weighted by molar-refractivity contribution is 0.0690. The highest BCUT2D eigenvalue weighted by Crippen LogP contribution is 2.39. The Morgan fingerprint density at radius 3 is 2.81 bits per heavy atom. The van der Waals surface area contributed by atoms with E-state index in [9.17, 15) is 9.59 Å². The summed E-state index contributed by atoms with van der Waals surface area (Å²) in [5.74, 6) is -0.565. The van der Waals surface area contributed by atoms with Crippen LogP contribution in [0.4, 0.5) is 4.79 Å². The van der Waals surface area contributed by atoms with Crippen LogP contribution in [-0.2, 0) is 5.54 Å². The van der Waals surface area contributed by atoms with Gasteiger partial charge in [0, 0.05) is 6.04 Å². The highest BCUT2D eigenvalue weighted by molar-refractivity contribution is 5.85. The second-order valence-electron chi connectivity index (χ2n) is 5.41. The maximum absolute atomic E-state index is 12.0. The van der Waals surface area contributed by atoms with Crippen molar-refractivity contribution in [1.29, 1.82) is 0 Å². The Bertz CT molecular complexity index is 548. The number of aromatic nitrogens is 2. The van der Waals surface area contributed by atoms with E-state index in [1.54, 1.807) is 6.08 Å². The molecule has 1 aromatic rings. The number of aromatic amines is 1. The number of carboxylic acid groups (broad SMARTS) is 1. The Labute approximate surface area is 122 Å². The number of nitrogens with zero attached hydrogens (tertiary/aromatic N) is 1.